The van der Waals surface area contributed by atoms with Crippen LogP contribution in [0.2, 0.25) is 0 Å². The monoisotopic (exact) mass is 1010 g/mol. The summed E-state index contributed by atoms with van der Waals surface area (Å²) in [5, 5.41) is 56.8. The van der Waals surface area contributed by atoms with E-state index in [1.165, 1.54) is 154 Å². The summed E-state index contributed by atoms with van der Waals surface area (Å²) in [6.45, 7) is 5.75. The number of nitrogens with one attached hydrogen (secondary N) is 1. The van der Waals surface area contributed by atoms with E-state index in [-0.39, 0.29) is 13.0 Å². The molecule has 1 heterocycles. The van der Waals surface area contributed by atoms with E-state index in [1.807, 2.05) is 6.08 Å². The number of carbonyl (C=O) groups is 2. The fraction of sp³-hybridized carbons (Fsp3) is 0.867. The Kier molecular flexibility index (Phi) is 46.0. The van der Waals surface area contributed by atoms with E-state index in [4.69, 9.17) is 14.2 Å². The molecule has 6 N–H and O–H groups in total. The molecule has 1 amide bonds. The summed E-state index contributed by atoms with van der Waals surface area (Å²) in [5.74, 6) is -1.19. The second-order valence-electron chi connectivity index (χ2n) is 20.7. The van der Waals surface area contributed by atoms with Gasteiger partial charge in [0, 0.05) is 6.42 Å². The molecule has 0 radical (unpaired) electrons. The van der Waals surface area contributed by atoms with Crippen molar-refractivity contribution in [3.8, 4) is 0 Å². The number of rotatable bonds is 50. The molecule has 1 fully saturated rings. The van der Waals surface area contributed by atoms with Crippen molar-refractivity contribution in [3.63, 3.8) is 0 Å². The smallest absolute Gasteiger partial charge is 0.306 e. The topological polar surface area (TPSA) is 175 Å². The molecule has 0 saturated carbocycles. The molecular weight excluding hydrogens is 895 g/mol. The number of aliphatic hydroxyl groups excluding tert-OH is 5. The number of hydrogen-bond donors (Lipinski definition) is 6. The standard InChI is InChI=1S/C60H111NO10/c1-4-7-10-13-16-19-22-24-25-26-27-28-29-30-33-36-39-42-45-48-55(65)71-58-57(67)56(66)54(49-62)70-60(58)69-50-51(52(63)46-43-40-37-34-31-21-18-15-12-9-6-3)61-59(68)53(64)47-44-41-38-35-32-23-20-17-14-11-8-5-2/h16,19,24-25,43,46,51-54,56-58,60,62-64,66-67H,4-15,17-18,20-23,26-42,44-45,47-50H2,1-3H3,(H,61,68)/b19-16-,25-24-,46-43+. The normalized spacial score (nSPS) is 19.8. The quantitative estimate of drug-likeness (QED) is 0.0195. The maximum Gasteiger partial charge on any atom is 0.306 e. The van der Waals surface area contributed by atoms with Crippen LogP contribution in [-0.4, -0.2) is 99.6 Å². The molecular formula is C60H111NO10. The number of hydrogen-bond acceptors (Lipinski definition) is 10. The fourth-order valence-electron chi connectivity index (χ4n) is 9.27. The number of esters is 1. The van der Waals surface area contributed by atoms with Gasteiger partial charge >= 0.3 is 5.97 Å². The van der Waals surface area contributed by atoms with E-state index in [1.54, 1.807) is 6.08 Å². The number of carbonyl (C=O) groups excluding carboxylic acids is 2. The van der Waals surface area contributed by atoms with Crippen LogP contribution in [0.15, 0.2) is 36.5 Å². The van der Waals surface area contributed by atoms with E-state index in [2.05, 4.69) is 50.4 Å². The minimum Gasteiger partial charge on any atom is -0.454 e. The van der Waals surface area contributed by atoms with Crippen molar-refractivity contribution >= 4 is 11.9 Å². The lowest BCUT2D eigenvalue weighted by atomic mass is 9.99. The lowest BCUT2D eigenvalue weighted by Crippen LogP contribution is -2.61. The molecule has 1 aliphatic heterocycles. The summed E-state index contributed by atoms with van der Waals surface area (Å²) in [6.07, 6.45) is 46.1. The highest BCUT2D eigenvalue weighted by Gasteiger charge is 2.47. The summed E-state index contributed by atoms with van der Waals surface area (Å²) in [4.78, 5) is 26.5. The zero-order valence-electron chi connectivity index (χ0n) is 45.9. The lowest BCUT2D eigenvalue weighted by molar-refractivity contribution is -0.305. The van der Waals surface area contributed by atoms with Crippen molar-refractivity contribution in [2.75, 3.05) is 13.2 Å². The van der Waals surface area contributed by atoms with E-state index >= 15 is 0 Å². The third-order valence-corrected chi connectivity index (χ3v) is 14.0. The van der Waals surface area contributed by atoms with Crippen molar-refractivity contribution in [2.24, 2.45) is 0 Å². The second-order valence-corrected chi connectivity index (χ2v) is 20.7. The van der Waals surface area contributed by atoms with Crippen LogP contribution < -0.4 is 5.32 Å². The first kappa shape index (κ1) is 66.9. The summed E-state index contributed by atoms with van der Waals surface area (Å²) in [7, 11) is 0. The van der Waals surface area contributed by atoms with Gasteiger partial charge in [0.2, 0.25) is 5.91 Å². The van der Waals surface area contributed by atoms with Gasteiger partial charge in [0.05, 0.1) is 25.4 Å². The summed E-state index contributed by atoms with van der Waals surface area (Å²) >= 11 is 0. The Morgan fingerprint density at radius 1 is 0.549 bits per heavy atom. The van der Waals surface area contributed by atoms with E-state index < -0.39 is 67.4 Å². The van der Waals surface area contributed by atoms with Crippen LogP contribution in [0.5, 0.6) is 0 Å². The van der Waals surface area contributed by atoms with Crippen molar-refractivity contribution in [1.29, 1.82) is 0 Å². The molecule has 8 atom stereocenters. The highest BCUT2D eigenvalue weighted by molar-refractivity contribution is 5.80. The summed E-state index contributed by atoms with van der Waals surface area (Å²) < 4.78 is 17.6. The van der Waals surface area contributed by atoms with Crippen molar-refractivity contribution in [3.05, 3.63) is 36.5 Å². The van der Waals surface area contributed by atoms with Gasteiger partial charge in [0.15, 0.2) is 12.4 Å². The van der Waals surface area contributed by atoms with Crippen LogP contribution in [0.3, 0.4) is 0 Å². The third kappa shape index (κ3) is 37.3. The van der Waals surface area contributed by atoms with Gasteiger partial charge in [-0.05, 0) is 57.8 Å². The van der Waals surface area contributed by atoms with E-state index in [0.717, 1.165) is 70.6 Å². The summed E-state index contributed by atoms with van der Waals surface area (Å²) in [5.41, 5.74) is 0. The first-order valence-corrected chi connectivity index (χ1v) is 29.8. The fourth-order valence-corrected chi connectivity index (χ4v) is 9.27. The van der Waals surface area contributed by atoms with Crippen LogP contribution in [0.25, 0.3) is 0 Å². The van der Waals surface area contributed by atoms with Gasteiger partial charge in [-0.1, -0.05) is 243 Å². The molecule has 0 aromatic heterocycles. The largest absolute Gasteiger partial charge is 0.454 e. The Labute approximate surface area is 434 Å². The Hall–Kier alpha value is -2.12. The number of aliphatic hydroxyl groups is 5. The first-order chi connectivity index (χ1) is 34.7. The Balaban J connectivity index is 2.67. The molecule has 0 aliphatic carbocycles. The maximum atomic E-state index is 13.3. The highest BCUT2D eigenvalue weighted by atomic mass is 16.7. The maximum absolute atomic E-state index is 13.3. The van der Waals surface area contributed by atoms with Crippen LogP contribution >= 0.6 is 0 Å². The molecule has 1 aliphatic rings. The predicted molar refractivity (Wildman–Crippen MR) is 292 cm³/mol. The van der Waals surface area contributed by atoms with E-state index in [9.17, 15) is 35.1 Å². The molecule has 8 unspecified atom stereocenters. The SMILES string of the molecule is CCCCC/C=C\C/C=C\CCCCCCCCCCCC(=O)OC1C(OCC(NC(=O)C(O)CCCCCCCCCCCCCC)C(O)/C=C/CCCCCCCCCCC)OC(CO)C(O)C1O. The molecule has 1 rings (SSSR count). The van der Waals surface area contributed by atoms with Gasteiger partial charge in [-0.25, -0.2) is 0 Å². The van der Waals surface area contributed by atoms with Gasteiger partial charge in [0.1, 0.15) is 24.4 Å². The van der Waals surface area contributed by atoms with Gasteiger partial charge in [0.25, 0.3) is 0 Å². The van der Waals surface area contributed by atoms with Crippen molar-refractivity contribution < 1.29 is 49.3 Å². The lowest BCUT2D eigenvalue weighted by Gasteiger charge is -2.41. The van der Waals surface area contributed by atoms with Crippen molar-refractivity contribution in [2.45, 2.75) is 320 Å². The zero-order valence-corrected chi connectivity index (χ0v) is 45.9. The van der Waals surface area contributed by atoms with Gasteiger partial charge in [-0.3, -0.25) is 9.59 Å². The molecule has 11 heteroatoms. The van der Waals surface area contributed by atoms with Crippen LogP contribution in [0, 0.1) is 0 Å². The average molecular weight is 1010 g/mol. The van der Waals surface area contributed by atoms with Crippen LogP contribution in [0.1, 0.15) is 271 Å². The Bertz CT molecular complexity index is 1290. The average Bonchev–Trinajstić information content (AvgIpc) is 3.37. The molecule has 1 saturated heterocycles. The highest BCUT2D eigenvalue weighted by Crippen LogP contribution is 2.26. The molecule has 0 spiro atoms. The third-order valence-electron chi connectivity index (χ3n) is 14.0. The minimum atomic E-state index is -1.61. The number of ether oxygens (including phenoxy) is 3. The molecule has 11 nitrogen and oxygen atoms in total. The summed E-state index contributed by atoms with van der Waals surface area (Å²) in [6, 6.07) is -1.02. The first-order valence-electron chi connectivity index (χ1n) is 29.8. The molecule has 0 aromatic rings. The molecule has 0 aromatic carbocycles. The van der Waals surface area contributed by atoms with Gasteiger partial charge < -0.3 is 45.1 Å². The number of unbranched alkanes of at least 4 members (excludes halogenated alkanes) is 32. The molecule has 71 heavy (non-hydrogen) atoms. The predicted octanol–water partition coefficient (Wildman–Crippen LogP) is 13.5. The number of allylic oxidation sites excluding steroid dienone is 5. The Morgan fingerprint density at radius 2 is 0.972 bits per heavy atom. The molecule has 416 valence electrons. The Morgan fingerprint density at radius 3 is 1.46 bits per heavy atom. The minimum absolute atomic E-state index is 0.121. The van der Waals surface area contributed by atoms with Crippen molar-refractivity contribution in [1.82, 2.24) is 5.32 Å². The van der Waals surface area contributed by atoms with E-state index in [0.29, 0.717) is 19.3 Å². The second kappa shape index (κ2) is 48.8. The molecule has 0 bridgehead atoms. The van der Waals surface area contributed by atoms with Crippen LogP contribution in [-0.2, 0) is 23.8 Å². The zero-order chi connectivity index (χ0) is 51.8. The van der Waals surface area contributed by atoms with Gasteiger partial charge in [-0.2, -0.15) is 0 Å². The van der Waals surface area contributed by atoms with Crippen LogP contribution in [0.4, 0.5) is 0 Å². The van der Waals surface area contributed by atoms with Gasteiger partial charge in [-0.15, -0.1) is 0 Å². The number of amides is 1.